The van der Waals surface area contributed by atoms with Crippen molar-refractivity contribution in [2.75, 3.05) is 33.4 Å². The Morgan fingerprint density at radius 3 is 2.45 bits per heavy atom. The maximum absolute atomic E-state index is 5.67. The van der Waals surface area contributed by atoms with E-state index in [0.717, 1.165) is 43.0 Å². The molecule has 1 aliphatic carbocycles. The molecule has 0 aliphatic heterocycles. The summed E-state index contributed by atoms with van der Waals surface area (Å²) >= 11 is 0. The molecule has 1 saturated carbocycles. The van der Waals surface area contributed by atoms with E-state index in [2.05, 4.69) is 22.5 Å². The van der Waals surface area contributed by atoms with E-state index >= 15 is 0 Å². The van der Waals surface area contributed by atoms with Crippen LogP contribution in [0.5, 0.6) is 11.5 Å². The molecule has 0 amide bonds. The van der Waals surface area contributed by atoms with Gasteiger partial charge in [-0.15, -0.1) is 24.0 Å². The molecule has 0 heterocycles. The maximum Gasteiger partial charge on any atom is 0.191 e. The van der Waals surface area contributed by atoms with Gasteiger partial charge in [0.2, 0.25) is 0 Å². The minimum Gasteiger partial charge on any atom is -0.497 e. The Kier molecular flexibility index (Phi) is 9.03. The van der Waals surface area contributed by atoms with Crippen LogP contribution in [0.1, 0.15) is 19.8 Å². The van der Waals surface area contributed by atoms with Crippen molar-refractivity contribution in [1.29, 1.82) is 0 Å². The lowest BCUT2D eigenvalue weighted by molar-refractivity contribution is 0.321. The zero-order chi connectivity index (χ0) is 14.9. The third-order valence-corrected chi connectivity index (χ3v) is 3.27. The van der Waals surface area contributed by atoms with Gasteiger partial charge in [-0.2, -0.15) is 0 Å². The van der Waals surface area contributed by atoms with Crippen LogP contribution in [0.25, 0.3) is 0 Å². The molecule has 0 aromatic heterocycles. The second-order valence-electron chi connectivity index (χ2n) is 5.11. The third-order valence-electron chi connectivity index (χ3n) is 3.27. The molecule has 0 saturated heterocycles. The first-order valence-corrected chi connectivity index (χ1v) is 7.61. The standard InChI is InChI=1S/C16H25N3O2.HI/c1-3-17-16(19-12-13-4-5-13)18-10-11-21-15-8-6-14(20-2)7-9-15;/h6-9,13H,3-5,10-12H2,1-2H3,(H2,17,18,19);1H. The molecule has 124 valence electrons. The van der Waals surface area contributed by atoms with Crippen molar-refractivity contribution < 1.29 is 9.47 Å². The van der Waals surface area contributed by atoms with Crippen molar-refractivity contribution in [1.82, 2.24) is 10.6 Å². The van der Waals surface area contributed by atoms with Gasteiger partial charge in [0.15, 0.2) is 5.96 Å². The summed E-state index contributed by atoms with van der Waals surface area (Å²) in [6, 6.07) is 7.60. The first-order valence-electron chi connectivity index (χ1n) is 7.61. The SMILES string of the molecule is CCNC(=NCC1CC1)NCCOc1ccc(OC)cc1.I. The van der Waals surface area contributed by atoms with Crippen molar-refractivity contribution in [2.24, 2.45) is 10.9 Å². The highest BCUT2D eigenvalue weighted by atomic mass is 127. The number of halogens is 1. The topological polar surface area (TPSA) is 54.9 Å². The Labute approximate surface area is 149 Å². The first-order chi connectivity index (χ1) is 10.3. The highest BCUT2D eigenvalue weighted by molar-refractivity contribution is 14.0. The van der Waals surface area contributed by atoms with Crippen molar-refractivity contribution in [3.8, 4) is 11.5 Å². The molecule has 2 rings (SSSR count). The van der Waals surface area contributed by atoms with Crippen LogP contribution in [0.2, 0.25) is 0 Å². The molecule has 0 spiro atoms. The number of hydrogen-bond acceptors (Lipinski definition) is 3. The van der Waals surface area contributed by atoms with Crippen LogP contribution in [0.3, 0.4) is 0 Å². The third kappa shape index (κ3) is 7.20. The van der Waals surface area contributed by atoms with Gasteiger partial charge in [0.05, 0.1) is 13.7 Å². The van der Waals surface area contributed by atoms with Gasteiger partial charge < -0.3 is 20.1 Å². The molecule has 5 nitrogen and oxygen atoms in total. The average Bonchev–Trinajstić information content (AvgIpc) is 3.34. The number of ether oxygens (including phenoxy) is 2. The van der Waals surface area contributed by atoms with Crippen molar-refractivity contribution in [3.05, 3.63) is 24.3 Å². The van der Waals surface area contributed by atoms with E-state index in [0.29, 0.717) is 6.61 Å². The molecular weight excluding hydrogens is 393 g/mol. The number of rotatable bonds is 8. The van der Waals surface area contributed by atoms with Gasteiger partial charge in [-0.1, -0.05) is 0 Å². The minimum absolute atomic E-state index is 0. The number of nitrogens with one attached hydrogen (secondary N) is 2. The number of guanidine groups is 1. The lowest BCUT2D eigenvalue weighted by Crippen LogP contribution is -2.39. The van der Waals surface area contributed by atoms with Crippen molar-refractivity contribution in [2.45, 2.75) is 19.8 Å². The smallest absolute Gasteiger partial charge is 0.191 e. The van der Waals surface area contributed by atoms with E-state index in [1.54, 1.807) is 7.11 Å². The molecular formula is C16H26IN3O2. The molecule has 22 heavy (non-hydrogen) atoms. The van der Waals surface area contributed by atoms with Crippen LogP contribution in [-0.2, 0) is 0 Å². The van der Waals surface area contributed by atoms with Crippen LogP contribution in [0.15, 0.2) is 29.3 Å². The van der Waals surface area contributed by atoms with Crippen molar-refractivity contribution in [3.63, 3.8) is 0 Å². The average molecular weight is 419 g/mol. The molecule has 1 fully saturated rings. The highest BCUT2D eigenvalue weighted by Gasteiger charge is 2.20. The Morgan fingerprint density at radius 1 is 1.18 bits per heavy atom. The molecule has 6 heteroatoms. The fourth-order valence-electron chi connectivity index (χ4n) is 1.87. The molecule has 0 radical (unpaired) electrons. The Morgan fingerprint density at radius 2 is 1.86 bits per heavy atom. The molecule has 2 N–H and O–H groups in total. The van der Waals surface area contributed by atoms with E-state index in [1.165, 1.54) is 12.8 Å². The zero-order valence-electron chi connectivity index (χ0n) is 13.3. The second-order valence-corrected chi connectivity index (χ2v) is 5.11. The lowest BCUT2D eigenvalue weighted by Gasteiger charge is -2.12. The molecule has 1 aromatic rings. The zero-order valence-corrected chi connectivity index (χ0v) is 15.6. The van der Waals surface area contributed by atoms with E-state index in [-0.39, 0.29) is 24.0 Å². The molecule has 0 unspecified atom stereocenters. The number of hydrogen-bond donors (Lipinski definition) is 2. The van der Waals surface area contributed by atoms with Crippen LogP contribution in [-0.4, -0.2) is 39.3 Å². The molecule has 0 bridgehead atoms. The highest BCUT2D eigenvalue weighted by Crippen LogP contribution is 2.28. The second kappa shape index (κ2) is 10.5. The Bertz CT molecular complexity index is 447. The Hall–Kier alpha value is -1.18. The van der Waals surface area contributed by atoms with Crippen LogP contribution in [0, 0.1) is 5.92 Å². The molecule has 0 atom stereocenters. The number of nitrogens with zero attached hydrogens (tertiary/aromatic N) is 1. The minimum atomic E-state index is 0. The summed E-state index contributed by atoms with van der Waals surface area (Å²) in [5.41, 5.74) is 0. The van der Waals surface area contributed by atoms with Crippen LogP contribution >= 0.6 is 24.0 Å². The quantitative estimate of drug-likeness (QED) is 0.295. The van der Waals surface area contributed by atoms with E-state index in [9.17, 15) is 0 Å². The summed E-state index contributed by atoms with van der Waals surface area (Å²) in [6.45, 7) is 5.19. The predicted molar refractivity (Wildman–Crippen MR) is 101 cm³/mol. The van der Waals surface area contributed by atoms with E-state index in [4.69, 9.17) is 9.47 Å². The summed E-state index contributed by atoms with van der Waals surface area (Å²) in [7, 11) is 1.66. The van der Waals surface area contributed by atoms with Gasteiger partial charge in [-0.05, 0) is 49.9 Å². The molecule has 1 aromatic carbocycles. The van der Waals surface area contributed by atoms with E-state index < -0.39 is 0 Å². The van der Waals surface area contributed by atoms with Gasteiger partial charge in [0, 0.05) is 13.1 Å². The van der Waals surface area contributed by atoms with Gasteiger partial charge in [-0.25, -0.2) is 0 Å². The number of benzene rings is 1. The van der Waals surface area contributed by atoms with E-state index in [1.807, 2.05) is 24.3 Å². The van der Waals surface area contributed by atoms with Crippen molar-refractivity contribution >= 4 is 29.9 Å². The van der Waals surface area contributed by atoms with Gasteiger partial charge in [-0.3, -0.25) is 4.99 Å². The van der Waals surface area contributed by atoms with Gasteiger partial charge >= 0.3 is 0 Å². The molecule has 1 aliphatic rings. The largest absolute Gasteiger partial charge is 0.497 e. The summed E-state index contributed by atoms with van der Waals surface area (Å²) in [4.78, 5) is 4.57. The van der Waals surface area contributed by atoms with Crippen LogP contribution < -0.4 is 20.1 Å². The predicted octanol–water partition coefficient (Wildman–Crippen LogP) is 2.66. The first kappa shape index (κ1) is 18.9. The Balaban J connectivity index is 0.00000242. The summed E-state index contributed by atoms with van der Waals surface area (Å²) in [5, 5.41) is 6.53. The number of aliphatic imine (C=N–C) groups is 1. The fraction of sp³-hybridized carbons (Fsp3) is 0.562. The fourth-order valence-corrected chi connectivity index (χ4v) is 1.87. The van der Waals surface area contributed by atoms with Gasteiger partial charge in [0.1, 0.15) is 18.1 Å². The summed E-state index contributed by atoms with van der Waals surface area (Å²) in [5.74, 6) is 3.36. The summed E-state index contributed by atoms with van der Waals surface area (Å²) < 4.78 is 10.8. The maximum atomic E-state index is 5.67. The van der Waals surface area contributed by atoms with Crippen LogP contribution in [0.4, 0.5) is 0 Å². The lowest BCUT2D eigenvalue weighted by atomic mass is 10.3. The number of methoxy groups -OCH3 is 1. The normalized spacial score (nSPS) is 14.0. The monoisotopic (exact) mass is 419 g/mol. The van der Waals surface area contributed by atoms with Gasteiger partial charge in [0.25, 0.3) is 0 Å². The summed E-state index contributed by atoms with van der Waals surface area (Å²) in [6.07, 6.45) is 2.65.